The molecule has 0 saturated carbocycles. The summed E-state index contributed by atoms with van der Waals surface area (Å²) in [5.41, 5.74) is 3.90. The molecule has 0 aliphatic rings. The van der Waals surface area contributed by atoms with Gasteiger partial charge >= 0.3 is 0 Å². The summed E-state index contributed by atoms with van der Waals surface area (Å²) in [7, 11) is 0. The van der Waals surface area contributed by atoms with Gasteiger partial charge in [-0.2, -0.15) is 0 Å². The molecule has 0 radical (unpaired) electrons. The van der Waals surface area contributed by atoms with E-state index < -0.39 is 0 Å². The molecule has 3 aromatic rings. The SMILES string of the molecule is CCCCNCCC.C\C=C/C=C\C(=C\CC)CN(C(=O)c1ccc(-c2ccc(Cl)cc2)o1)c1ccc(C)cc1. The first-order valence-electron chi connectivity index (χ1n) is 14.4. The van der Waals surface area contributed by atoms with Gasteiger partial charge in [-0.15, -0.1) is 0 Å². The number of unbranched alkanes of at least 4 members (excludes halogenated alkanes) is 1. The van der Waals surface area contributed by atoms with Crippen LogP contribution in [0.5, 0.6) is 0 Å². The minimum Gasteiger partial charge on any atom is -0.451 e. The fraction of sp³-hybridized carbons (Fsp3) is 0.343. The van der Waals surface area contributed by atoms with Gasteiger partial charge in [0.2, 0.25) is 0 Å². The lowest BCUT2D eigenvalue weighted by Crippen LogP contribution is -2.32. The molecular weight excluding hydrogens is 516 g/mol. The van der Waals surface area contributed by atoms with Gasteiger partial charge in [0, 0.05) is 16.3 Å². The summed E-state index contributed by atoms with van der Waals surface area (Å²) in [5, 5.41) is 3.99. The fourth-order valence-electron chi connectivity index (χ4n) is 3.88. The van der Waals surface area contributed by atoms with Gasteiger partial charge < -0.3 is 14.6 Å². The number of carbonyl (C=O) groups is 1. The van der Waals surface area contributed by atoms with E-state index >= 15 is 0 Å². The quantitative estimate of drug-likeness (QED) is 0.167. The maximum Gasteiger partial charge on any atom is 0.294 e. The number of halogens is 1. The van der Waals surface area contributed by atoms with Crippen LogP contribution in [0.3, 0.4) is 0 Å². The number of hydrogen-bond donors (Lipinski definition) is 1. The number of hydrogen-bond acceptors (Lipinski definition) is 3. The molecule has 214 valence electrons. The van der Waals surface area contributed by atoms with Gasteiger partial charge in [0.05, 0.1) is 6.54 Å². The van der Waals surface area contributed by atoms with Crippen LogP contribution in [0.15, 0.2) is 101 Å². The van der Waals surface area contributed by atoms with E-state index in [1.54, 1.807) is 23.1 Å². The Morgan fingerprint density at radius 3 is 2.27 bits per heavy atom. The molecule has 0 aliphatic heterocycles. The zero-order valence-electron chi connectivity index (χ0n) is 24.8. The van der Waals surface area contributed by atoms with E-state index in [1.165, 1.54) is 32.4 Å². The smallest absolute Gasteiger partial charge is 0.294 e. The molecule has 0 saturated heterocycles. The largest absolute Gasteiger partial charge is 0.451 e. The fourth-order valence-corrected chi connectivity index (χ4v) is 4.01. The summed E-state index contributed by atoms with van der Waals surface area (Å²) in [4.78, 5) is 15.3. The van der Waals surface area contributed by atoms with E-state index in [0.29, 0.717) is 23.1 Å². The van der Waals surface area contributed by atoms with E-state index in [9.17, 15) is 4.79 Å². The van der Waals surface area contributed by atoms with Crippen molar-refractivity contribution in [1.82, 2.24) is 5.32 Å². The third-order valence-electron chi connectivity index (χ3n) is 6.09. The zero-order chi connectivity index (χ0) is 29.2. The monoisotopic (exact) mass is 560 g/mol. The summed E-state index contributed by atoms with van der Waals surface area (Å²) >= 11 is 5.99. The topological polar surface area (TPSA) is 45.5 Å². The number of benzene rings is 2. The first-order chi connectivity index (χ1) is 19.4. The van der Waals surface area contributed by atoms with Crippen molar-refractivity contribution >= 4 is 23.2 Å². The molecule has 0 unspecified atom stereocenters. The maximum absolute atomic E-state index is 13.5. The number of nitrogens with zero attached hydrogens (tertiary/aromatic N) is 1. The average molecular weight is 561 g/mol. The molecule has 1 heterocycles. The van der Waals surface area contributed by atoms with Gasteiger partial charge in [-0.3, -0.25) is 4.79 Å². The highest BCUT2D eigenvalue weighted by Gasteiger charge is 2.22. The van der Waals surface area contributed by atoms with Crippen LogP contribution in [0, 0.1) is 6.92 Å². The number of allylic oxidation sites excluding steroid dienone is 4. The molecule has 40 heavy (non-hydrogen) atoms. The molecule has 2 aromatic carbocycles. The van der Waals surface area contributed by atoms with Gasteiger partial charge in [-0.1, -0.05) is 86.9 Å². The number of rotatable bonds is 13. The molecule has 1 aromatic heterocycles. The Morgan fingerprint density at radius 2 is 1.65 bits per heavy atom. The predicted octanol–water partition coefficient (Wildman–Crippen LogP) is 9.81. The van der Waals surface area contributed by atoms with E-state index in [4.69, 9.17) is 16.0 Å². The molecule has 0 atom stereocenters. The molecule has 1 amide bonds. The Morgan fingerprint density at radius 1 is 0.925 bits per heavy atom. The second-order valence-corrected chi connectivity index (χ2v) is 10.0. The summed E-state index contributed by atoms with van der Waals surface area (Å²) < 4.78 is 5.95. The van der Waals surface area contributed by atoms with Gasteiger partial charge in [-0.05, 0) is 100 Å². The minimum absolute atomic E-state index is 0.185. The van der Waals surface area contributed by atoms with Crippen LogP contribution in [0.2, 0.25) is 5.02 Å². The van der Waals surface area contributed by atoms with E-state index in [-0.39, 0.29) is 5.91 Å². The molecule has 5 heteroatoms. The normalized spacial score (nSPS) is 11.6. The Balaban J connectivity index is 0.000000611. The summed E-state index contributed by atoms with van der Waals surface area (Å²) in [6.07, 6.45) is 14.9. The Kier molecular flexibility index (Phi) is 15.5. The van der Waals surface area contributed by atoms with Crippen LogP contribution in [-0.4, -0.2) is 25.5 Å². The third kappa shape index (κ3) is 11.4. The van der Waals surface area contributed by atoms with Crippen LogP contribution < -0.4 is 10.2 Å². The van der Waals surface area contributed by atoms with Crippen LogP contribution in [-0.2, 0) is 0 Å². The minimum atomic E-state index is -0.185. The Bertz CT molecular complexity index is 1220. The van der Waals surface area contributed by atoms with Crippen molar-refractivity contribution in [1.29, 1.82) is 0 Å². The molecule has 1 N–H and O–H groups in total. The molecule has 0 fully saturated rings. The number of furan rings is 1. The van der Waals surface area contributed by atoms with E-state index in [2.05, 4.69) is 32.2 Å². The van der Waals surface area contributed by atoms with Crippen molar-refractivity contribution in [3.63, 3.8) is 0 Å². The lowest BCUT2D eigenvalue weighted by molar-refractivity contribution is 0.0963. The number of anilines is 1. The van der Waals surface area contributed by atoms with Crippen molar-refractivity contribution in [3.8, 4) is 11.3 Å². The van der Waals surface area contributed by atoms with Gasteiger partial charge in [0.15, 0.2) is 5.76 Å². The van der Waals surface area contributed by atoms with Crippen molar-refractivity contribution in [3.05, 3.63) is 113 Å². The van der Waals surface area contributed by atoms with Gasteiger partial charge in [0.25, 0.3) is 5.91 Å². The second kappa shape index (κ2) is 18.9. The van der Waals surface area contributed by atoms with Crippen molar-refractivity contribution < 1.29 is 9.21 Å². The van der Waals surface area contributed by atoms with E-state index in [0.717, 1.165) is 28.8 Å². The van der Waals surface area contributed by atoms with Crippen LogP contribution in [0.4, 0.5) is 5.69 Å². The number of carbonyl (C=O) groups excluding carboxylic acids is 1. The van der Waals surface area contributed by atoms with Crippen molar-refractivity contribution in [2.75, 3.05) is 24.5 Å². The molecule has 0 aliphatic carbocycles. The lowest BCUT2D eigenvalue weighted by atomic mass is 10.1. The number of aryl methyl sites for hydroxylation is 1. The molecule has 0 bridgehead atoms. The van der Waals surface area contributed by atoms with Crippen molar-refractivity contribution in [2.45, 2.75) is 60.3 Å². The summed E-state index contributed by atoms with van der Waals surface area (Å²) in [5.74, 6) is 0.741. The third-order valence-corrected chi connectivity index (χ3v) is 6.34. The molecule has 3 rings (SSSR count). The van der Waals surface area contributed by atoms with Crippen LogP contribution >= 0.6 is 11.6 Å². The second-order valence-electron chi connectivity index (χ2n) is 9.57. The van der Waals surface area contributed by atoms with Crippen LogP contribution in [0.1, 0.15) is 69.5 Å². The first-order valence-corrected chi connectivity index (χ1v) is 14.7. The highest BCUT2D eigenvalue weighted by Crippen LogP contribution is 2.26. The predicted molar refractivity (Wildman–Crippen MR) is 172 cm³/mol. The number of nitrogens with one attached hydrogen (secondary N) is 1. The molecule has 0 spiro atoms. The summed E-state index contributed by atoms with van der Waals surface area (Å²) in [6.45, 7) is 13.3. The zero-order valence-corrected chi connectivity index (χ0v) is 25.5. The molecular formula is C35H45ClN2O2. The molecule has 4 nitrogen and oxygen atoms in total. The highest BCUT2D eigenvalue weighted by molar-refractivity contribution is 6.30. The Labute approximate surface area is 246 Å². The number of amides is 1. The standard InChI is InChI=1S/C28H28ClNO2.C7H17N/c1-4-6-7-9-22(8-5-2)20-30(25-16-10-21(3)11-17-25)28(31)27-19-18-26(32-27)23-12-14-24(29)15-13-23;1-3-5-7-8-6-4-2/h4,6-19H,5,20H2,1-3H3;8H,3-7H2,1-2H3/b6-4-,9-7-,22-8-;. The van der Waals surface area contributed by atoms with Crippen LogP contribution in [0.25, 0.3) is 11.3 Å². The summed E-state index contributed by atoms with van der Waals surface area (Å²) in [6, 6.07) is 18.9. The van der Waals surface area contributed by atoms with Crippen molar-refractivity contribution in [2.24, 2.45) is 0 Å². The maximum atomic E-state index is 13.5. The van der Waals surface area contributed by atoms with Gasteiger partial charge in [0.1, 0.15) is 5.76 Å². The average Bonchev–Trinajstić information content (AvgIpc) is 3.46. The lowest BCUT2D eigenvalue weighted by Gasteiger charge is -2.23. The highest BCUT2D eigenvalue weighted by atomic mass is 35.5. The van der Waals surface area contributed by atoms with E-state index in [1.807, 2.05) is 80.6 Å². The first kappa shape index (κ1) is 32.9. The van der Waals surface area contributed by atoms with Gasteiger partial charge in [-0.25, -0.2) is 0 Å². The Hall–Kier alpha value is -3.34.